The van der Waals surface area contributed by atoms with Crippen LogP contribution in [0.1, 0.15) is 41.0 Å². The van der Waals surface area contributed by atoms with Crippen LogP contribution in [0.15, 0.2) is 0 Å². The summed E-state index contributed by atoms with van der Waals surface area (Å²) in [5.74, 6) is -0.326. The Balaban J connectivity index is 2.67. The number of hydrogen-bond donors (Lipinski definition) is 1. The summed E-state index contributed by atoms with van der Waals surface area (Å²) in [6.45, 7) is 12.6. The van der Waals surface area contributed by atoms with Crippen molar-refractivity contribution in [1.82, 2.24) is 4.90 Å². The SMILES string of the molecule is CCOC(=O)C(C)(N)CC(C)N1CCOCC1(C)C. The number of nitrogens with zero attached hydrogens (tertiary/aromatic N) is 1. The van der Waals surface area contributed by atoms with Crippen molar-refractivity contribution in [2.24, 2.45) is 5.73 Å². The normalized spacial score (nSPS) is 24.5. The van der Waals surface area contributed by atoms with Gasteiger partial charge >= 0.3 is 5.97 Å². The molecule has 1 saturated heterocycles. The maximum absolute atomic E-state index is 11.9. The molecule has 5 heteroatoms. The number of ether oxygens (including phenoxy) is 2. The van der Waals surface area contributed by atoms with Crippen LogP contribution in [-0.4, -0.2) is 54.4 Å². The third-order valence-electron chi connectivity index (χ3n) is 3.70. The molecule has 2 N–H and O–H groups in total. The van der Waals surface area contributed by atoms with Gasteiger partial charge in [0.25, 0.3) is 0 Å². The zero-order valence-corrected chi connectivity index (χ0v) is 12.9. The van der Waals surface area contributed by atoms with Gasteiger partial charge < -0.3 is 15.2 Å². The van der Waals surface area contributed by atoms with Crippen molar-refractivity contribution in [3.05, 3.63) is 0 Å². The number of carbonyl (C=O) groups excluding carboxylic acids is 1. The van der Waals surface area contributed by atoms with E-state index in [9.17, 15) is 4.79 Å². The lowest BCUT2D eigenvalue weighted by Gasteiger charge is -2.46. The number of nitrogens with two attached hydrogens (primary N) is 1. The highest BCUT2D eigenvalue weighted by molar-refractivity contribution is 5.80. The van der Waals surface area contributed by atoms with Crippen molar-refractivity contribution in [1.29, 1.82) is 0 Å². The van der Waals surface area contributed by atoms with Gasteiger partial charge in [-0.1, -0.05) is 0 Å². The van der Waals surface area contributed by atoms with Crippen LogP contribution in [0.4, 0.5) is 0 Å². The van der Waals surface area contributed by atoms with Gasteiger partial charge in [0.05, 0.1) is 19.8 Å². The van der Waals surface area contributed by atoms with Crippen molar-refractivity contribution in [3.63, 3.8) is 0 Å². The molecule has 1 fully saturated rings. The molecule has 1 aliphatic heterocycles. The predicted octanol–water partition coefficient (Wildman–Crippen LogP) is 1.16. The van der Waals surface area contributed by atoms with Crippen LogP contribution in [-0.2, 0) is 14.3 Å². The molecule has 0 aliphatic carbocycles. The van der Waals surface area contributed by atoms with E-state index in [1.807, 2.05) is 0 Å². The molecule has 1 heterocycles. The van der Waals surface area contributed by atoms with Crippen LogP contribution in [0.3, 0.4) is 0 Å². The second-order valence-corrected chi connectivity index (χ2v) is 6.25. The minimum Gasteiger partial charge on any atom is -0.465 e. The fourth-order valence-corrected chi connectivity index (χ4v) is 2.79. The largest absolute Gasteiger partial charge is 0.465 e. The van der Waals surface area contributed by atoms with Gasteiger partial charge in [-0.25, -0.2) is 0 Å². The summed E-state index contributed by atoms with van der Waals surface area (Å²) < 4.78 is 10.6. The molecule has 19 heavy (non-hydrogen) atoms. The Kier molecular flexibility index (Phi) is 5.35. The number of esters is 1. The van der Waals surface area contributed by atoms with Crippen LogP contribution in [0.25, 0.3) is 0 Å². The zero-order valence-electron chi connectivity index (χ0n) is 12.9. The van der Waals surface area contributed by atoms with Gasteiger partial charge in [-0.05, 0) is 41.0 Å². The highest BCUT2D eigenvalue weighted by Crippen LogP contribution is 2.25. The first-order chi connectivity index (χ1) is 8.70. The summed E-state index contributed by atoms with van der Waals surface area (Å²) in [6.07, 6.45) is 0.579. The number of hydrogen-bond acceptors (Lipinski definition) is 5. The third-order valence-corrected chi connectivity index (χ3v) is 3.70. The molecule has 2 unspecified atom stereocenters. The molecule has 1 rings (SSSR count). The Morgan fingerprint density at radius 1 is 1.58 bits per heavy atom. The van der Waals surface area contributed by atoms with Crippen molar-refractivity contribution in [2.75, 3.05) is 26.4 Å². The van der Waals surface area contributed by atoms with E-state index in [4.69, 9.17) is 15.2 Å². The Morgan fingerprint density at radius 2 is 2.21 bits per heavy atom. The van der Waals surface area contributed by atoms with E-state index in [0.29, 0.717) is 19.6 Å². The molecule has 0 aromatic rings. The van der Waals surface area contributed by atoms with E-state index in [-0.39, 0.29) is 17.6 Å². The molecule has 0 bridgehead atoms. The number of morpholine rings is 1. The minimum absolute atomic E-state index is 0.0254. The summed E-state index contributed by atoms with van der Waals surface area (Å²) in [5, 5.41) is 0. The maximum Gasteiger partial charge on any atom is 0.325 e. The van der Waals surface area contributed by atoms with E-state index < -0.39 is 5.54 Å². The van der Waals surface area contributed by atoms with E-state index in [1.54, 1.807) is 13.8 Å². The van der Waals surface area contributed by atoms with Crippen molar-refractivity contribution in [2.45, 2.75) is 58.2 Å². The molecule has 0 spiro atoms. The van der Waals surface area contributed by atoms with Gasteiger partial charge in [-0.3, -0.25) is 9.69 Å². The van der Waals surface area contributed by atoms with Gasteiger partial charge in [-0.15, -0.1) is 0 Å². The standard InChI is InChI=1S/C14H28N2O3/c1-6-19-12(17)14(5,15)9-11(2)16-7-8-18-10-13(16,3)4/h11H,6-10,15H2,1-5H3. The summed E-state index contributed by atoms with van der Waals surface area (Å²) in [4.78, 5) is 14.2. The van der Waals surface area contributed by atoms with Gasteiger partial charge in [-0.2, -0.15) is 0 Å². The summed E-state index contributed by atoms with van der Waals surface area (Å²) in [5.41, 5.74) is 5.14. The summed E-state index contributed by atoms with van der Waals surface area (Å²) in [6, 6.07) is 0.207. The highest BCUT2D eigenvalue weighted by Gasteiger charge is 2.39. The second-order valence-electron chi connectivity index (χ2n) is 6.25. The van der Waals surface area contributed by atoms with E-state index >= 15 is 0 Å². The van der Waals surface area contributed by atoms with Crippen LogP contribution in [0, 0.1) is 0 Å². The van der Waals surface area contributed by atoms with E-state index in [1.165, 1.54) is 0 Å². The third kappa shape index (κ3) is 4.16. The molecule has 0 saturated carbocycles. The average Bonchev–Trinajstić information content (AvgIpc) is 2.27. The molecule has 0 amide bonds. The molecule has 112 valence electrons. The second kappa shape index (κ2) is 6.20. The summed E-state index contributed by atoms with van der Waals surface area (Å²) >= 11 is 0. The Hall–Kier alpha value is -0.650. The predicted molar refractivity (Wildman–Crippen MR) is 74.9 cm³/mol. The van der Waals surface area contributed by atoms with Crippen LogP contribution in [0.5, 0.6) is 0 Å². The molecule has 0 radical (unpaired) electrons. The lowest BCUT2D eigenvalue weighted by molar-refractivity contribution is -0.150. The fraction of sp³-hybridized carbons (Fsp3) is 0.929. The number of rotatable bonds is 5. The first kappa shape index (κ1) is 16.4. The highest BCUT2D eigenvalue weighted by atomic mass is 16.5. The van der Waals surface area contributed by atoms with Crippen LogP contribution in [0.2, 0.25) is 0 Å². The molecular weight excluding hydrogens is 244 g/mol. The molecule has 0 aromatic heterocycles. The number of carbonyl (C=O) groups is 1. The molecule has 1 aliphatic rings. The van der Waals surface area contributed by atoms with E-state index in [0.717, 1.165) is 13.2 Å². The first-order valence-corrected chi connectivity index (χ1v) is 7.01. The van der Waals surface area contributed by atoms with E-state index in [2.05, 4.69) is 25.7 Å². The molecule has 0 aromatic carbocycles. The fourth-order valence-electron chi connectivity index (χ4n) is 2.79. The Labute approximate surface area is 116 Å². The van der Waals surface area contributed by atoms with Crippen LogP contribution < -0.4 is 5.73 Å². The Bertz CT molecular complexity index is 316. The molecule has 5 nitrogen and oxygen atoms in total. The molecule has 2 atom stereocenters. The topological polar surface area (TPSA) is 64.8 Å². The van der Waals surface area contributed by atoms with Crippen LogP contribution >= 0.6 is 0 Å². The van der Waals surface area contributed by atoms with Gasteiger partial charge in [0.1, 0.15) is 5.54 Å². The average molecular weight is 272 g/mol. The minimum atomic E-state index is -0.941. The van der Waals surface area contributed by atoms with Gasteiger partial charge in [0.2, 0.25) is 0 Å². The van der Waals surface area contributed by atoms with Crippen molar-refractivity contribution >= 4 is 5.97 Å². The lowest BCUT2D eigenvalue weighted by Crippen LogP contribution is -2.59. The first-order valence-electron chi connectivity index (χ1n) is 7.01. The van der Waals surface area contributed by atoms with Crippen molar-refractivity contribution in [3.8, 4) is 0 Å². The monoisotopic (exact) mass is 272 g/mol. The Morgan fingerprint density at radius 3 is 2.74 bits per heavy atom. The molecular formula is C14H28N2O3. The quantitative estimate of drug-likeness (QED) is 0.761. The zero-order chi connectivity index (χ0) is 14.7. The smallest absolute Gasteiger partial charge is 0.325 e. The van der Waals surface area contributed by atoms with Gasteiger partial charge in [0, 0.05) is 18.1 Å². The maximum atomic E-state index is 11.9. The van der Waals surface area contributed by atoms with Gasteiger partial charge in [0.15, 0.2) is 0 Å². The summed E-state index contributed by atoms with van der Waals surface area (Å²) in [7, 11) is 0. The lowest BCUT2D eigenvalue weighted by atomic mass is 9.91. The van der Waals surface area contributed by atoms with Crippen molar-refractivity contribution < 1.29 is 14.3 Å².